The number of hydrogen-bond donors (Lipinski definition) is 2. The van der Waals surface area contributed by atoms with Gasteiger partial charge in [0.05, 0.1) is 0 Å². The molecule has 2 aliphatic rings. The zero-order valence-corrected chi connectivity index (χ0v) is 8.95. The maximum absolute atomic E-state index is 3.73. The summed E-state index contributed by atoms with van der Waals surface area (Å²) in [4.78, 5) is 0. The van der Waals surface area contributed by atoms with E-state index in [0.717, 1.165) is 0 Å². The highest BCUT2D eigenvalue weighted by atomic mass is 15.0. The van der Waals surface area contributed by atoms with Crippen LogP contribution < -0.4 is 10.6 Å². The third-order valence-corrected chi connectivity index (χ3v) is 3.97. The SMILES string of the molecule is CCC1(CNC2(C)CC2)CCNC1. The summed E-state index contributed by atoms with van der Waals surface area (Å²) in [6, 6.07) is 0. The molecular weight excluding hydrogens is 160 g/mol. The van der Waals surface area contributed by atoms with Gasteiger partial charge in [0, 0.05) is 18.6 Å². The Balaban J connectivity index is 1.83. The molecule has 1 aliphatic heterocycles. The van der Waals surface area contributed by atoms with Gasteiger partial charge in [-0.2, -0.15) is 0 Å². The average Bonchev–Trinajstić information content (AvgIpc) is 2.70. The Morgan fingerprint density at radius 2 is 2.08 bits per heavy atom. The topological polar surface area (TPSA) is 24.1 Å². The maximum atomic E-state index is 3.73. The molecule has 1 atom stereocenters. The molecule has 1 saturated heterocycles. The summed E-state index contributed by atoms with van der Waals surface area (Å²) < 4.78 is 0. The lowest BCUT2D eigenvalue weighted by Gasteiger charge is -2.29. The van der Waals surface area contributed by atoms with Crippen LogP contribution in [0.15, 0.2) is 0 Å². The smallest absolute Gasteiger partial charge is 0.0154 e. The second-order valence-corrected chi connectivity index (χ2v) is 5.19. The molecule has 13 heavy (non-hydrogen) atoms. The van der Waals surface area contributed by atoms with Gasteiger partial charge in [-0.3, -0.25) is 0 Å². The highest BCUT2D eigenvalue weighted by Gasteiger charge is 2.40. The minimum Gasteiger partial charge on any atom is -0.316 e. The standard InChI is InChI=1S/C11H22N2/c1-3-11(6-7-12-8-11)9-13-10(2)4-5-10/h12-13H,3-9H2,1-2H3. The van der Waals surface area contributed by atoms with Crippen LogP contribution in [0.25, 0.3) is 0 Å². The fourth-order valence-electron chi connectivity index (χ4n) is 2.14. The summed E-state index contributed by atoms with van der Waals surface area (Å²) in [5, 5.41) is 7.21. The predicted octanol–water partition coefficient (Wildman–Crippen LogP) is 1.52. The van der Waals surface area contributed by atoms with Gasteiger partial charge in [-0.15, -0.1) is 0 Å². The van der Waals surface area contributed by atoms with Gasteiger partial charge in [-0.05, 0) is 44.6 Å². The van der Waals surface area contributed by atoms with Crippen LogP contribution in [0.3, 0.4) is 0 Å². The van der Waals surface area contributed by atoms with Gasteiger partial charge in [0.2, 0.25) is 0 Å². The summed E-state index contributed by atoms with van der Waals surface area (Å²) in [6.07, 6.45) is 5.41. The van der Waals surface area contributed by atoms with Crippen LogP contribution in [0.5, 0.6) is 0 Å². The van der Waals surface area contributed by atoms with Crippen molar-refractivity contribution >= 4 is 0 Å². The third-order valence-electron chi connectivity index (χ3n) is 3.97. The van der Waals surface area contributed by atoms with Crippen LogP contribution in [0.1, 0.15) is 39.5 Å². The molecular formula is C11H22N2. The summed E-state index contributed by atoms with van der Waals surface area (Å²) in [5.41, 5.74) is 1.07. The molecule has 2 rings (SSSR count). The molecule has 2 nitrogen and oxygen atoms in total. The van der Waals surface area contributed by atoms with Gasteiger partial charge < -0.3 is 10.6 Å². The van der Waals surface area contributed by atoms with E-state index in [4.69, 9.17) is 0 Å². The summed E-state index contributed by atoms with van der Waals surface area (Å²) in [7, 11) is 0. The van der Waals surface area contributed by atoms with E-state index in [1.54, 1.807) is 0 Å². The van der Waals surface area contributed by atoms with Gasteiger partial charge in [-0.25, -0.2) is 0 Å². The molecule has 0 aromatic rings. The first-order valence-corrected chi connectivity index (χ1v) is 5.64. The molecule has 1 heterocycles. The Bertz CT molecular complexity index is 179. The Morgan fingerprint density at radius 1 is 1.31 bits per heavy atom. The van der Waals surface area contributed by atoms with E-state index in [1.807, 2.05) is 0 Å². The van der Waals surface area contributed by atoms with Crippen molar-refractivity contribution < 1.29 is 0 Å². The highest BCUT2D eigenvalue weighted by Crippen LogP contribution is 2.36. The molecule has 0 radical (unpaired) electrons. The van der Waals surface area contributed by atoms with Gasteiger partial charge in [0.15, 0.2) is 0 Å². The normalized spacial score (nSPS) is 36.5. The first kappa shape index (κ1) is 9.47. The molecule has 0 bridgehead atoms. The monoisotopic (exact) mass is 182 g/mol. The first-order valence-electron chi connectivity index (χ1n) is 5.64. The largest absolute Gasteiger partial charge is 0.316 e. The first-order chi connectivity index (χ1) is 6.18. The van der Waals surface area contributed by atoms with Crippen LogP contribution in [-0.2, 0) is 0 Å². The van der Waals surface area contributed by atoms with Crippen molar-refractivity contribution in [2.45, 2.75) is 45.1 Å². The fourth-order valence-corrected chi connectivity index (χ4v) is 2.14. The second kappa shape index (κ2) is 3.25. The summed E-state index contributed by atoms with van der Waals surface area (Å²) in [5.74, 6) is 0. The molecule has 0 aromatic carbocycles. The summed E-state index contributed by atoms with van der Waals surface area (Å²) >= 11 is 0. The Labute approximate surface area is 81.5 Å². The van der Waals surface area contributed by atoms with Crippen molar-refractivity contribution in [3.05, 3.63) is 0 Å². The van der Waals surface area contributed by atoms with Crippen LogP contribution in [-0.4, -0.2) is 25.2 Å². The van der Waals surface area contributed by atoms with E-state index in [2.05, 4.69) is 24.5 Å². The number of nitrogens with one attached hydrogen (secondary N) is 2. The van der Waals surface area contributed by atoms with Crippen molar-refractivity contribution in [1.82, 2.24) is 10.6 Å². The van der Waals surface area contributed by atoms with E-state index in [-0.39, 0.29) is 0 Å². The molecule has 1 unspecified atom stereocenters. The van der Waals surface area contributed by atoms with Crippen molar-refractivity contribution in [3.63, 3.8) is 0 Å². The minimum absolute atomic E-state index is 0.505. The van der Waals surface area contributed by atoms with Crippen LogP contribution in [0.2, 0.25) is 0 Å². The number of rotatable bonds is 4. The molecule has 2 heteroatoms. The number of hydrogen-bond acceptors (Lipinski definition) is 2. The lowest BCUT2D eigenvalue weighted by Crippen LogP contribution is -2.40. The predicted molar refractivity (Wildman–Crippen MR) is 55.9 cm³/mol. The lowest BCUT2D eigenvalue weighted by molar-refractivity contribution is 0.275. The quantitative estimate of drug-likeness (QED) is 0.689. The van der Waals surface area contributed by atoms with Gasteiger partial charge >= 0.3 is 0 Å². The van der Waals surface area contributed by atoms with E-state index in [0.29, 0.717) is 11.0 Å². The minimum atomic E-state index is 0.505. The van der Waals surface area contributed by atoms with Crippen molar-refractivity contribution in [2.75, 3.05) is 19.6 Å². The van der Waals surface area contributed by atoms with E-state index >= 15 is 0 Å². The Kier molecular flexibility index (Phi) is 2.37. The Morgan fingerprint density at radius 3 is 2.54 bits per heavy atom. The summed E-state index contributed by atoms with van der Waals surface area (Å²) in [6.45, 7) is 8.31. The molecule has 1 saturated carbocycles. The molecule has 2 fully saturated rings. The van der Waals surface area contributed by atoms with E-state index in [9.17, 15) is 0 Å². The van der Waals surface area contributed by atoms with Gasteiger partial charge in [0.25, 0.3) is 0 Å². The van der Waals surface area contributed by atoms with Crippen LogP contribution >= 0.6 is 0 Å². The molecule has 2 N–H and O–H groups in total. The molecule has 76 valence electrons. The van der Waals surface area contributed by atoms with E-state index < -0.39 is 0 Å². The van der Waals surface area contributed by atoms with Crippen LogP contribution in [0, 0.1) is 5.41 Å². The molecule has 1 aliphatic carbocycles. The average molecular weight is 182 g/mol. The maximum Gasteiger partial charge on any atom is 0.0154 e. The highest BCUT2D eigenvalue weighted by molar-refractivity contribution is 5.00. The fraction of sp³-hybridized carbons (Fsp3) is 1.00. The van der Waals surface area contributed by atoms with Crippen LogP contribution in [0.4, 0.5) is 0 Å². The van der Waals surface area contributed by atoms with Crippen molar-refractivity contribution in [2.24, 2.45) is 5.41 Å². The van der Waals surface area contributed by atoms with Gasteiger partial charge in [0.1, 0.15) is 0 Å². The second-order valence-electron chi connectivity index (χ2n) is 5.19. The molecule has 0 aromatic heterocycles. The molecule has 0 spiro atoms. The molecule has 0 amide bonds. The van der Waals surface area contributed by atoms with E-state index in [1.165, 1.54) is 45.3 Å². The Hall–Kier alpha value is -0.0800. The van der Waals surface area contributed by atoms with Crippen molar-refractivity contribution in [3.8, 4) is 0 Å². The van der Waals surface area contributed by atoms with Gasteiger partial charge in [-0.1, -0.05) is 6.92 Å². The zero-order valence-electron chi connectivity index (χ0n) is 8.95. The third kappa shape index (κ3) is 2.05. The van der Waals surface area contributed by atoms with Crippen molar-refractivity contribution in [1.29, 1.82) is 0 Å². The lowest BCUT2D eigenvalue weighted by atomic mass is 9.84. The zero-order chi connectivity index (χ0) is 9.36.